The Labute approximate surface area is 189 Å². The van der Waals surface area contributed by atoms with Gasteiger partial charge in [0.1, 0.15) is 6.61 Å². The van der Waals surface area contributed by atoms with E-state index in [1.807, 2.05) is 36.4 Å². The Kier molecular flexibility index (Phi) is 6.37. The maximum atomic E-state index is 12.4. The van der Waals surface area contributed by atoms with E-state index in [1.54, 1.807) is 12.1 Å². The van der Waals surface area contributed by atoms with E-state index in [-0.39, 0.29) is 18.1 Å². The molecule has 0 aromatic heterocycles. The Hall–Kier alpha value is -4.17. The summed E-state index contributed by atoms with van der Waals surface area (Å²) < 4.78 is 5.50. The van der Waals surface area contributed by atoms with Gasteiger partial charge in [-0.1, -0.05) is 54.6 Å². The maximum Gasteiger partial charge on any atom is 0.411 e. The van der Waals surface area contributed by atoms with Crippen LogP contribution in [0.4, 0.5) is 10.5 Å². The molecule has 0 saturated heterocycles. The Morgan fingerprint density at radius 2 is 1.55 bits per heavy atom. The molecule has 0 saturated carbocycles. The minimum Gasteiger partial charge on any atom is -0.480 e. The highest BCUT2D eigenvalue weighted by Crippen LogP contribution is 2.44. The third-order valence-corrected chi connectivity index (χ3v) is 5.50. The van der Waals surface area contributed by atoms with Crippen LogP contribution in [-0.2, 0) is 9.53 Å². The minimum atomic E-state index is -1.42. The molecule has 2 amide bonds. The number of ether oxygens (including phenoxy) is 1. The number of hydrogen-bond acceptors (Lipinski definition) is 5. The first-order valence-electron chi connectivity index (χ1n) is 10.3. The van der Waals surface area contributed by atoms with Crippen molar-refractivity contribution in [2.75, 3.05) is 18.5 Å². The molecule has 1 atom stereocenters. The first-order valence-corrected chi connectivity index (χ1v) is 10.3. The van der Waals surface area contributed by atoms with Crippen molar-refractivity contribution in [1.29, 1.82) is 0 Å². The second-order valence-corrected chi connectivity index (χ2v) is 7.58. The van der Waals surface area contributed by atoms with Gasteiger partial charge < -0.3 is 20.3 Å². The molecule has 4 rings (SSSR count). The first-order chi connectivity index (χ1) is 16.0. The topological polar surface area (TPSA) is 125 Å². The van der Waals surface area contributed by atoms with Crippen LogP contribution < -0.4 is 10.6 Å². The molecule has 4 N–H and O–H groups in total. The molecule has 168 valence electrons. The van der Waals surface area contributed by atoms with Gasteiger partial charge in [0, 0.05) is 17.2 Å². The van der Waals surface area contributed by atoms with Crippen molar-refractivity contribution < 1.29 is 29.3 Å². The van der Waals surface area contributed by atoms with Crippen LogP contribution in [0.2, 0.25) is 0 Å². The van der Waals surface area contributed by atoms with Crippen LogP contribution in [0.1, 0.15) is 27.4 Å². The predicted molar refractivity (Wildman–Crippen MR) is 121 cm³/mol. The fourth-order valence-electron chi connectivity index (χ4n) is 3.92. The molecule has 0 radical (unpaired) electrons. The number of rotatable bonds is 7. The van der Waals surface area contributed by atoms with Gasteiger partial charge in [0.25, 0.3) is 5.91 Å². The second-order valence-electron chi connectivity index (χ2n) is 7.58. The van der Waals surface area contributed by atoms with E-state index >= 15 is 0 Å². The number of hydrogen-bond donors (Lipinski definition) is 4. The van der Waals surface area contributed by atoms with Crippen molar-refractivity contribution in [3.8, 4) is 11.1 Å². The van der Waals surface area contributed by atoms with E-state index in [0.29, 0.717) is 5.69 Å². The fraction of sp³-hybridized carbons (Fsp3) is 0.160. The molecule has 1 aliphatic rings. The summed E-state index contributed by atoms with van der Waals surface area (Å²) in [4.78, 5) is 35.7. The molecule has 0 aliphatic heterocycles. The summed E-state index contributed by atoms with van der Waals surface area (Å²) in [5, 5.41) is 22.8. The smallest absolute Gasteiger partial charge is 0.411 e. The number of benzene rings is 3. The number of anilines is 1. The van der Waals surface area contributed by atoms with Crippen LogP contribution in [-0.4, -0.2) is 47.4 Å². The van der Waals surface area contributed by atoms with Gasteiger partial charge in [0.2, 0.25) is 0 Å². The van der Waals surface area contributed by atoms with Crippen molar-refractivity contribution in [2.24, 2.45) is 0 Å². The molecule has 3 aromatic rings. The summed E-state index contributed by atoms with van der Waals surface area (Å²) in [6.45, 7) is -0.588. The summed E-state index contributed by atoms with van der Waals surface area (Å²) >= 11 is 0. The van der Waals surface area contributed by atoms with Crippen molar-refractivity contribution >= 4 is 23.7 Å². The Morgan fingerprint density at radius 1 is 0.909 bits per heavy atom. The number of amides is 2. The van der Waals surface area contributed by atoms with Gasteiger partial charge in [-0.2, -0.15) is 0 Å². The lowest BCUT2D eigenvalue weighted by molar-refractivity contribution is -0.140. The monoisotopic (exact) mass is 446 g/mol. The summed E-state index contributed by atoms with van der Waals surface area (Å²) in [6, 6.07) is 20.6. The number of aliphatic hydroxyl groups is 1. The van der Waals surface area contributed by atoms with Crippen molar-refractivity contribution in [3.05, 3.63) is 89.5 Å². The zero-order valence-electron chi connectivity index (χ0n) is 17.5. The standard InChI is InChI=1S/C25H22N2O6/c28-13-22(24(30)31)27-23(29)15-6-5-7-16(12-15)26-25(32)33-14-21-19-10-3-1-8-17(19)18-9-2-4-11-20(18)21/h1-12,21-22,28H,13-14H2,(H,26,32)(H,27,29)(H,30,31)/t22-/m1/s1. The van der Waals surface area contributed by atoms with Crippen molar-refractivity contribution in [1.82, 2.24) is 5.32 Å². The molecular weight excluding hydrogens is 424 g/mol. The van der Waals surface area contributed by atoms with Crippen LogP contribution in [0, 0.1) is 0 Å². The van der Waals surface area contributed by atoms with Gasteiger partial charge in [-0.3, -0.25) is 10.1 Å². The van der Waals surface area contributed by atoms with Crippen LogP contribution >= 0.6 is 0 Å². The number of aliphatic hydroxyl groups excluding tert-OH is 1. The van der Waals surface area contributed by atoms with Gasteiger partial charge in [0.05, 0.1) is 6.61 Å². The summed E-state index contributed by atoms with van der Waals surface area (Å²) in [5.74, 6) is -2.11. The number of nitrogens with one attached hydrogen (secondary N) is 2. The minimum absolute atomic E-state index is 0.0771. The fourth-order valence-corrected chi connectivity index (χ4v) is 3.92. The molecule has 0 unspecified atom stereocenters. The lowest BCUT2D eigenvalue weighted by Gasteiger charge is -2.15. The summed E-state index contributed by atoms with van der Waals surface area (Å²) in [7, 11) is 0. The number of carbonyl (C=O) groups is 3. The van der Waals surface area contributed by atoms with Crippen LogP contribution in [0.3, 0.4) is 0 Å². The molecule has 0 fully saturated rings. The average Bonchev–Trinajstić information content (AvgIpc) is 3.14. The molecule has 8 nitrogen and oxygen atoms in total. The number of aliphatic carboxylic acids is 1. The zero-order chi connectivity index (χ0) is 23.4. The third-order valence-electron chi connectivity index (χ3n) is 5.50. The SMILES string of the molecule is O=C(Nc1cccc(C(=O)N[C@H](CO)C(=O)O)c1)OCC1c2ccccc2-c2ccccc21. The lowest BCUT2D eigenvalue weighted by Crippen LogP contribution is -2.43. The average molecular weight is 446 g/mol. The van der Waals surface area contributed by atoms with Gasteiger partial charge >= 0.3 is 12.1 Å². The van der Waals surface area contributed by atoms with E-state index in [0.717, 1.165) is 22.3 Å². The van der Waals surface area contributed by atoms with E-state index in [1.165, 1.54) is 12.1 Å². The molecule has 0 bridgehead atoms. The first kappa shape index (κ1) is 22.0. The second kappa shape index (κ2) is 9.54. The largest absolute Gasteiger partial charge is 0.480 e. The van der Waals surface area contributed by atoms with Crippen LogP contribution in [0.15, 0.2) is 72.8 Å². The number of carbonyl (C=O) groups excluding carboxylic acids is 2. The number of fused-ring (bicyclic) bond motifs is 3. The van der Waals surface area contributed by atoms with Gasteiger partial charge in [-0.05, 0) is 40.5 Å². The molecule has 33 heavy (non-hydrogen) atoms. The summed E-state index contributed by atoms with van der Waals surface area (Å²) in [6.07, 6.45) is -0.673. The van der Waals surface area contributed by atoms with E-state index < -0.39 is 30.6 Å². The highest BCUT2D eigenvalue weighted by Gasteiger charge is 2.29. The van der Waals surface area contributed by atoms with E-state index in [4.69, 9.17) is 14.9 Å². The number of carboxylic acid groups (broad SMARTS) is 1. The predicted octanol–water partition coefficient (Wildman–Crippen LogP) is 3.22. The van der Waals surface area contributed by atoms with E-state index in [2.05, 4.69) is 22.8 Å². The van der Waals surface area contributed by atoms with Crippen molar-refractivity contribution in [2.45, 2.75) is 12.0 Å². The van der Waals surface area contributed by atoms with Gasteiger partial charge in [-0.15, -0.1) is 0 Å². The van der Waals surface area contributed by atoms with Gasteiger partial charge in [0.15, 0.2) is 6.04 Å². The highest BCUT2D eigenvalue weighted by atomic mass is 16.5. The van der Waals surface area contributed by atoms with E-state index in [9.17, 15) is 14.4 Å². The number of carboxylic acids is 1. The van der Waals surface area contributed by atoms with Crippen molar-refractivity contribution in [3.63, 3.8) is 0 Å². The summed E-state index contributed by atoms with van der Waals surface area (Å²) in [5.41, 5.74) is 4.90. The Morgan fingerprint density at radius 3 is 2.15 bits per heavy atom. The molecule has 8 heteroatoms. The zero-order valence-corrected chi connectivity index (χ0v) is 17.5. The highest BCUT2D eigenvalue weighted by molar-refractivity contribution is 5.98. The molecule has 1 aliphatic carbocycles. The van der Waals surface area contributed by atoms with Gasteiger partial charge in [-0.25, -0.2) is 9.59 Å². The van der Waals surface area contributed by atoms with Crippen LogP contribution in [0.25, 0.3) is 11.1 Å². The molecule has 0 heterocycles. The Balaban J connectivity index is 1.41. The molecule has 3 aromatic carbocycles. The third kappa shape index (κ3) is 4.70. The lowest BCUT2D eigenvalue weighted by atomic mass is 9.98. The molecular formula is C25H22N2O6. The maximum absolute atomic E-state index is 12.4. The Bertz CT molecular complexity index is 1160. The van der Waals surface area contributed by atoms with Crippen LogP contribution in [0.5, 0.6) is 0 Å². The normalized spacial score (nSPS) is 12.9. The molecule has 0 spiro atoms. The quantitative estimate of drug-likeness (QED) is 0.442.